The number of fused-ring (bicyclic) bond motifs is 1. The molecule has 0 aliphatic heterocycles. The van der Waals surface area contributed by atoms with Crippen LogP contribution in [-0.4, -0.2) is 28.5 Å². The quantitative estimate of drug-likeness (QED) is 0.695. The number of furan rings is 1. The third kappa shape index (κ3) is 2.64. The van der Waals surface area contributed by atoms with Crippen molar-refractivity contribution >= 4 is 32.8 Å². The normalized spacial score (nSPS) is 20.8. The van der Waals surface area contributed by atoms with Gasteiger partial charge in [-0.25, -0.2) is 8.42 Å². The van der Waals surface area contributed by atoms with Gasteiger partial charge < -0.3 is 4.42 Å². The Hall–Kier alpha value is -1.77. The standard InChI is InChI=1S/C16H17N3O3S2/c1-10-8-12(10)14-7-6-11(22-14)9-19(2)24(20,21)15-5-3-4-13-16(15)18-23-17-13/h3-7,10,12H,8-9H2,1-2H3/t10-,12+/m1/s1. The summed E-state index contributed by atoms with van der Waals surface area (Å²) in [4.78, 5) is 0.179. The zero-order valence-corrected chi connectivity index (χ0v) is 15.0. The van der Waals surface area contributed by atoms with E-state index in [9.17, 15) is 8.42 Å². The fraction of sp³-hybridized carbons (Fsp3) is 0.375. The van der Waals surface area contributed by atoms with Crippen molar-refractivity contribution in [1.82, 2.24) is 13.1 Å². The van der Waals surface area contributed by atoms with Crippen molar-refractivity contribution < 1.29 is 12.8 Å². The van der Waals surface area contributed by atoms with Gasteiger partial charge in [0.1, 0.15) is 27.4 Å². The lowest BCUT2D eigenvalue weighted by molar-refractivity contribution is 0.390. The van der Waals surface area contributed by atoms with Gasteiger partial charge in [-0.2, -0.15) is 13.1 Å². The molecule has 6 nitrogen and oxygen atoms in total. The summed E-state index contributed by atoms with van der Waals surface area (Å²) in [6, 6.07) is 8.82. The van der Waals surface area contributed by atoms with Gasteiger partial charge in [-0.15, -0.1) is 0 Å². The SMILES string of the molecule is C[C@@H]1C[C@@H]1c1ccc(CN(C)S(=O)(=O)c2cccc3nsnc23)o1. The van der Waals surface area contributed by atoms with Crippen LogP contribution in [0.5, 0.6) is 0 Å². The zero-order valence-electron chi connectivity index (χ0n) is 13.3. The van der Waals surface area contributed by atoms with Crippen LogP contribution in [-0.2, 0) is 16.6 Å². The first kappa shape index (κ1) is 15.7. The number of hydrogen-bond donors (Lipinski definition) is 0. The predicted octanol–water partition coefficient (Wildman–Crippen LogP) is 3.23. The van der Waals surface area contributed by atoms with Crippen molar-refractivity contribution in [3.05, 3.63) is 41.9 Å². The molecule has 0 radical (unpaired) electrons. The van der Waals surface area contributed by atoms with E-state index in [1.54, 1.807) is 25.2 Å². The first-order valence-corrected chi connectivity index (χ1v) is 9.90. The third-order valence-electron chi connectivity index (χ3n) is 4.47. The second-order valence-corrected chi connectivity index (χ2v) is 8.81. The first-order valence-electron chi connectivity index (χ1n) is 7.73. The van der Waals surface area contributed by atoms with Gasteiger partial charge in [-0.1, -0.05) is 13.0 Å². The van der Waals surface area contributed by atoms with Gasteiger partial charge in [0.05, 0.1) is 18.3 Å². The van der Waals surface area contributed by atoms with Gasteiger partial charge >= 0.3 is 0 Å². The fourth-order valence-electron chi connectivity index (χ4n) is 2.86. The molecule has 0 amide bonds. The van der Waals surface area contributed by atoms with E-state index in [0.717, 1.165) is 23.9 Å². The largest absolute Gasteiger partial charge is 0.464 e. The van der Waals surface area contributed by atoms with Gasteiger partial charge in [-0.3, -0.25) is 0 Å². The van der Waals surface area contributed by atoms with Crippen molar-refractivity contribution in [2.45, 2.75) is 30.7 Å². The molecule has 0 unspecified atom stereocenters. The van der Waals surface area contributed by atoms with Crippen molar-refractivity contribution in [3.63, 3.8) is 0 Å². The summed E-state index contributed by atoms with van der Waals surface area (Å²) in [7, 11) is -2.11. The van der Waals surface area contributed by atoms with E-state index >= 15 is 0 Å². The molecule has 0 saturated heterocycles. The van der Waals surface area contributed by atoms with Crippen LogP contribution in [0.15, 0.2) is 39.6 Å². The van der Waals surface area contributed by atoms with Gasteiger partial charge in [0.2, 0.25) is 10.0 Å². The Labute approximate surface area is 144 Å². The maximum Gasteiger partial charge on any atom is 0.245 e. The molecule has 1 fully saturated rings. The second kappa shape index (κ2) is 5.65. The topological polar surface area (TPSA) is 76.3 Å². The molecule has 0 spiro atoms. The summed E-state index contributed by atoms with van der Waals surface area (Å²) in [5.74, 6) is 2.74. The molecule has 3 aromatic rings. The summed E-state index contributed by atoms with van der Waals surface area (Å²) in [6.07, 6.45) is 1.14. The van der Waals surface area contributed by atoms with E-state index in [2.05, 4.69) is 15.7 Å². The molecule has 2 heterocycles. The molecule has 0 N–H and O–H groups in total. The van der Waals surface area contributed by atoms with Gasteiger partial charge in [0.15, 0.2) is 0 Å². The molecular formula is C16H17N3O3S2. The van der Waals surface area contributed by atoms with Gasteiger partial charge in [-0.05, 0) is 36.6 Å². The van der Waals surface area contributed by atoms with Gasteiger partial charge in [0, 0.05) is 13.0 Å². The second-order valence-electron chi connectivity index (χ2n) is 6.27. The summed E-state index contributed by atoms with van der Waals surface area (Å²) in [5, 5.41) is 0. The van der Waals surface area contributed by atoms with Crippen LogP contribution in [0.3, 0.4) is 0 Å². The molecule has 24 heavy (non-hydrogen) atoms. The highest BCUT2D eigenvalue weighted by Gasteiger charge is 2.36. The number of aromatic nitrogens is 2. The minimum atomic E-state index is -3.66. The van der Waals surface area contributed by atoms with Crippen molar-refractivity contribution in [3.8, 4) is 0 Å². The highest BCUT2D eigenvalue weighted by atomic mass is 32.2. The van der Waals surface area contributed by atoms with Crippen molar-refractivity contribution in [2.24, 2.45) is 5.92 Å². The minimum Gasteiger partial charge on any atom is -0.464 e. The summed E-state index contributed by atoms with van der Waals surface area (Å²) < 4.78 is 41.1. The lowest BCUT2D eigenvalue weighted by atomic mass is 10.3. The monoisotopic (exact) mass is 363 g/mol. The number of rotatable bonds is 5. The maximum absolute atomic E-state index is 12.9. The molecule has 1 aliphatic rings. The van der Waals surface area contributed by atoms with E-state index < -0.39 is 10.0 Å². The van der Waals surface area contributed by atoms with Crippen LogP contribution >= 0.6 is 11.7 Å². The molecule has 1 saturated carbocycles. The van der Waals surface area contributed by atoms with Crippen LogP contribution in [0.25, 0.3) is 11.0 Å². The Kier molecular flexibility index (Phi) is 3.70. The van der Waals surface area contributed by atoms with Crippen molar-refractivity contribution in [2.75, 3.05) is 7.05 Å². The molecule has 1 aromatic carbocycles. The molecule has 126 valence electrons. The Bertz CT molecular complexity index is 993. The van der Waals surface area contributed by atoms with E-state index in [4.69, 9.17) is 4.42 Å². The minimum absolute atomic E-state index is 0.179. The predicted molar refractivity (Wildman–Crippen MR) is 91.3 cm³/mol. The van der Waals surface area contributed by atoms with Gasteiger partial charge in [0.25, 0.3) is 0 Å². The van der Waals surface area contributed by atoms with Crippen LogP contribution in [0, 0.1) is 5.92 Å². The van der Waals surface area contributed by atoms with E-state index in [1.807, 2.05) is 12.1 Å². The smallest absolute Gasteiger partial charge is 0.245 e. The molecule has 8 heteroatoms. The number of sulfonamides is 1. The van der Waals surface area contributed by atoms with Crippen molar-refractivity contribution in [1.29, 1.82) is 0 Å². The summed E-state index contributed by atoms with van der Waals surface area (Å²) in [5.41, 5.74) is 1.01. The van der Waals surface area contributed by atoms with Crippen LogP contribution < -0.4 is 0 Å². The zero-order chi connectivity index (χ0) is 16.9. The summed E-state index contributed by atoms with van der Waals surface area (Å²) >= 11 is 1.01. The number of nitrogens with zero attached hydrogens (tertiary/aromatic N) is 3. The lowest BCUT2D eigenvalue weighted by Gasteiger charge is -2.16. The Morgan fingerprint density at radius 1 is 1.29 bits per heavy atom. The molecule has 1 aliphatic carbocycles. The highest BCUT2D eigenvalue weighted by Crippen LogP contribution is 2.47. The molecule has 0 bridgehead atoms. The molecule has 4 rings (SSSR count). The van der Waals surface area contributed by atoms with Crippen LogP contribution in [0.4, 0.5) is 0 Å². The Balaban J connectivity index is 1.60. The molecule has 2 aromatic heterocycles. The average Bonchev–Trinajstić information content (AvgIpc) is 2.96. The molecular weight excluding hydrogens is 346 g/mol. The Morgan fingerprint density at radius 2 is 2.08 bits per heavy atom. The Morgan fingerprint density at radius 3 is 2.83 bits per heavy atom. The van der Waals surface area contributed by atoms with E-state index in [0.29, 0.717) is 28.6 Å². The van der Waals surface area contributed by atoms with E-state index in [1.165, 1.54) is 4.31 Å². The van der Waals surface area contributed by atoms with Crippen LogP contribution in [0.2, 0.25) is 0 Å². The summed E-state index contributed by atoms with van der Waals surface area (Å²) in [6.45, 7) is 2.38. The first-order chi connectivity index (χ1) is 11.5. The fourth-order valence-corrected chi connectivity index (χ4v) is 4.74. The average molecular weight is 363 g/mol. The molecule has 2 atom stereocenters. The van der Waals surface area contributed by atoms with E-state index in [-0.39, 0.29) is 11.4 Å². The third-order valence-corrected chi connectivity index (χ3v) is 6.85. The van der Waals surface area contributed by atoms with Crippen LogP contribution in [0.1, 0.15) is 30.8 Å². The lowest BCUT2D eigenvalue weighted by Crippen LogP contribution is -2.26. The number of benzene rings is 1. The maximum atomic E-state index is 12.9. The number of hydrogen-bond acceptors (Lipinski definition) is 6. The highest BCUT2D eigenvalue weighted by molar-refractivity contribution is 7.89.